The molecular weight excluding hydrogens is 289 g/mol. The summed E-state index contributed by atoms with van der Waals surface area (Å²) in [4.78, 5) is 0. The summed E-state index contributed by atoms with van der Waals surface area (Å²) in [5.74, 6) is 0.369. The van der Waals surface area contributed by atoms with Crippen LogP contribution in [0.4, 0.5) is 4.39 Å². The minimum atomic E-state index is -0.379. The van der Waals surface area contributed by atoms with Crippen molar-refractivity contribution in [3.63, 3.8) is 0 Å². The zero-order valence-electron chi connectivity index (χ0n) is 12.2. The molecule has 2 aromatic carbocycles. The lowest BCUT2D eigenvalue weighted by Gasteiger charge is -2.21. The molecule has 0 fully saturated rings. The molecule has 1 unspecified atom stereocenters. The number of halogens is 2. The summed E-state index contributed by atoms with van der Waals surface area (Å²) in [5, 5.41) is 3.50. The van der Waals surface area contributed by atoms with E-state index in [1.54, 1.807) is 25.3 Å². The van der Waals surface area contributed by atoms with Crippen LogP contribution in [-0.2, 0) is 0 Å². The maximum Gasteiger partial charge on any atom is 0.146 e. The van der Waals surface area contributed by atoms with E-state index >= 15 is 0 Å². The normalized spacial score (nSPS) is 12.2. The highest BCUT2D eigenvalue weighted by molar-refractivity contribution is 6.30. The number of ether oxygens (including phenoxy) is 1. The topological polar surface area (TPSA) is 21.3 Å². The van der Waals surface area contributed by atoms with E-state index in [-0.39, 0.29) is 16.9 Å². The highest BCUT2D eigenvalue weighted by Crippen LogP contribution is 2.29. The molecule has 2 rings (SSSR count). The molecule has 0 bridgehead atoms. The van der Waals surface area contributed by atoms with Crippen LogP contribution in [0.3, 0.4) is 0 Å². The van der Waals surface area contributed by atoms with E-state index in [0.717, 1.165) is 24.3 Å². The molecule has 1 N–H and O–H groups in total. The molecular formula is C17H19ClFNO. The van der Waals surface area contributed by atoms with Gasteiger partial charge in [0, 0.05) is 5.56 Å². The fraction of sp³-hybridized carbons (Fsp3) is 0.294. The Hall–Kier alpha value is -1.58. The number of nitrogens with one attached hydrogen (secondary N) is 1. The third-order valence-electron chi connectivity index (χ3n) is 3.32. The van der Waals surface area contributed by atoms with E-state index in [2.05, 4.69) is 12.2 Å². The zero-order valence-corrected chi connectivity index (χ0v) is 13.0. The molecule has 2 nitrogen and oxygen atoms in total. The molecule has 2 aromatic rings. The molecule has 0 aliphatic heterocycles. The third kappa shape index (κ3) is 3.74. The molecule has 0 amide bonds. The standard InChI is InChI=1S/C17H19ClFNO/c1-3-10-20-17(12-6-4-7-13(11-12)21-2)14-8-5-9-15(18)16(14)19/h4-9,11,17,20H,3,10H2,1-2H3. The van der Waals surface area contributed by atoms with Crippen molar-refractivity contribution >= 4 is 11.6 Å². The summed E-state index contributed by atoms with van der Waals surface area (Å²) in [6.07, 6.45) is 0.961. The first-order chi connectivity index (χ1) is 10.2. The van der Waals surface area contributed by atoms with Gasteiger partial charge >= 0.3 is 0 Å². The first kappa shape index (κ1) is 15.8. The van der Waals surface area contributed by atoms with Gasteiger partial charge in [-0.15, -0.1) is 0 Å². The molecule has 0 saturated heterocycles. The minimum absolute atomic E-state index is 0.138. The Labute approximate surface area is 129 Å². The first-order valence-electron chi connectivity index (χ1n) is 6.98. The molecule has 21 heavy (non-hydrogen) atoms. The van der Waals surface area contributed by atoms with E-state index < -0.39 is 0 Å². The lowest BCUT2D eigenvalue weighted by atomic mass is 9.97. The number of benzene rings is 2. The van der Waals surface area contributed by atoms with Crippen LogP contribution in [0.1, 0.15) is 30.5 Å². The summed E-state index contributed by atoms with van der Waals surface area (Å²) >= 11 is 5.91. The molecule has 1 atom stereocenters. The minimum Gasteiger partial charge on any atom is -0.497 e. The zero-order chi connectivity index (χ0) is 15.2. The van der Waals surface area contributed by atoms with Crippen molar-refractivity contribution in [2.45, 2.75) is 19.4 Å². The highest BCUT2D eigenvalue weighted by atomic mass is 35.5. The van der Waals surface area contributed by atoms with Crippen LogP contribution >= 0.6 is 11.6 Å². The van der Waals surface area contributed by atoms with Crippen molar-refractivity contribution in [2.75, 3.05) is 13.7 Å². The van der Waals surface area contributed by atoms with Crippen LogP contribution in [0.5, 0.6) is 5.75 Å². The molecule has 0 aromatic heterocycles. The van der Waals surface area contributed by atoms with Crippen LogP contribution in [0.2, 0.25) is 5.02 Å². The summed E-state index contributed by atoms with van der Waals surface area (Å²) in [6, 6.07) is 12.5. The van der Waals surface area contributed by atoms with Gasteiger partial charge in [-0.3, -0.25) is 0 Å². The van der Waals surface area contributed by atoms with Crippen molar-refractivity contribution in [3.8, 4) is 5.75 Å². The summed E-state index contributed by atoms with van der Waals surface area (Å²) in [6.45, 7) is 2.86. The summed E-state index contributed by atoms with van der Waals surface area (Å²) < 4.78 is 19.6. The van der Waals surface area contributed by atoms with E-state index in [9.17, 15) is 4.39 Å². The van der Waals surface area contributed by atoms with Gasteiger partial charge in [0.25, 0.3) is 0 Å². The molecule has 0 heterocycles. The Bertz CT molecular complexity index is 603. The molecule has 0 radical (unpaired) electrons. The predicted octanol–water partition coefficient (Wildman–Crippen LogP) is 4.58. The number of hydrogen-bond acceptors (Lipinski definition) is 2. The van der Waals surface area contributed by atoms with Crippen LogP contribution in [0, 0.1) is 5.82 Å². The van der Waals surface area contributed by atoms with Crippen LogP contribution < -0.4 is 10.1 Å². The molecule has 0 aliphatic rings. The fourth-order valence-electron chi connectivity index (χ4n) is 2.26. The van der Waals surface area contributed by atoms with Crippen molar-refractivity contribution < 1.29 is 9.13 Å². The smallest absolute Gasteiger partial charge is 0.146 e. The van der Waals surface area contributed by atoms with Gasteiger partial charge in [-0.25, -0.2) is 4.39 Å². The van der Waals surface area contributed by atoms with Gasteiger partial charge in [0.05, 0.1) is 18.2 Å². The molecule has 4 heteroatoms. The van der Waals surface area contributed by atoms with Crippen LogP contribution in [-0.4, -0.2) is 13.7 Å². The predicted molar refractivity (Wildman–Crippen MR) is 84.5 cm³/mol. The van der Waals surface area contributed by atoms with Gasteiger partial charge in [0.2, 0.25) is 0 Å². The summed E-state index contributed by atoms with van der Waals surface area (Å²) in [7, 11) is 1.62. The van der Waals surface area contributed by atoms with Gasteiger partial charge in [-0.1, -0.05) is 42.8 Å². The molecule has 0 spiro atoms. The molecule has 112 valence electrons. The fourth-order valence-corrected chi connectivity index (χ4v) is 2.44. The van der Waals surface area contributed by atoms with Gasteiger partial charge in [0.15, 0.2) is 0 Å². The van der Waals surface area contributed by atoms with Gasteiger partial charge in [-0.2, -0.15) is 0 Å². The quantitative estimate of drug-likeness (QED) is 0.843. The van der Waals surface area contributed by atoms with Crippen molar-refractivity contribution in [1.29, 1.82) is 0 Å². The third-order valence-corrected chi connectivity index (χ3v) is 3.61. The number of hydrogen-bond donors (Lipinski definition) is 1. The molecule has 0 aliphatic carbocycles. The number of rotatable bonds is 6. The Kier molecular flexibility index (Phi) is 5.59. The Morgan fingerprint density at radius 1 is 1.24 bits per heavy atom. The van der Waals surface area contributed by atoms with Crippen LogP contribution in [0.25, 0.3) is 0 Å². The van der Waals surface area contributed by atoms with Gasteiger partial charge < -0.3 is 10.1 Å². The van der Waals surface area contributed by atoms with E-state index in [4.69, 9.17) is 16.3 Å². The van der Waals surface area contributed by atoms with Crippen molar-refractivity contribution in [3.05, 3.63) is 64.4 Å². The largest absolute Gasteiger partial charge is 0.497 e. The van der Waals surface area contributed by atoms with E-state index in [0.29, 0.717) is 5.56 Å². The van der Waals surface area contributed by atoms with E-state index in [1.165, 1.54) is 0 Å². The second kappa shape index (κ2) is 7.43. The molecule has 0 saturated carbocycles. The first-order valence-corrected chi connectivity index (χ1v) is 7.36. The maximum absolute atomic E-state index is 14.3. The van der Waals surface area contributed by atoms with E-state index in [1.807, 2.05) is 24.3 Å². The maximum atomic E-state index is 14.3. The second-order valence-electron chi connectivity index (χ2n) is 4.81. The highest BCUT2D eigenvalue weighted by Gasteiger charge is 2.19. The lowest BCUT2D eigenvalue weighted by molar-refractivity contribution is 0.413. The Morgan fingerprint density at radius 2 is 2.00 bits per heavy atom. The lowest BCUT2D eigenvalue weighted by Crippen LogP contribution is -2.24. The number of methoxy groups -OCH3 is 1. The average molecular weight is 308 g/mol. The van der Waals surface area contributed by atoms with Gasteiger partial charge in [0.1, 0.15) is 11.6 Å². The van der Waals surface area contributed by atoms with Crippen molar-refractivity contribution in [2.24, 2.45) is 0 Å². The van der Waals surface area contributed by atoms with Crippen LogP contribution in [0.15, 0.2) is 42.5 Å². The Morgan fingerprint density at radius 3 is 2.71 bits per heavy atom. The summed E-state index contributed by atoms with van der Waals surface area (Å²) in [5.41, 5.74) is 1.49. The SMILES string of the molecule is CCCNC(c1cccc(OC)c1)c1cccc(Cl)c1F. The monoisotopic (exact) mass is 307 g/mol. The second-order valence-corrected chi connectivity index (χ2v) is 5.21. The van der Waals surface area contributed by atoms with Gasteiger partial charge in [-0.05, 0) is 36.7 Å². The van der Waals surface area contributed by atoms with Crippen molar-refractivity contribution in [1.82, 2.24) is 5.32 Å². The Balaban J connectivity index is 2.44. The average Bonchev–Trinajstić information content (AvgIpc) is 2.52.